The summed E-state index contributed by atoms with van der Waals surface area (Å²) in [7, 11) is -1.99. The lowest BCUT2D eigenvalue weighted by Gasteiger charge is -2.24. The maximum absolute atomic E-state index is 11.7. The summed E-state index contributed by atoms with van der Waals surface area (Å²) in [5.41, 5.74) is 8.03. The SMILES string of the molecule is CN(c1ccccc1CN)c1ccccc1S(N)(=O)=O. The van der Waals surface area contributed by atoms with Gasteiger partial charge in [0.1, 0.15) is 4.90 Å². The molecule has 0 aromatic heterocycles. The van der Waals surface area contributed by atoms with Gasteiger partial charge >= 0.3 is 0 Å². The minimum absolute atomic E-state index is 0.0920. The number of hydrogen-bond acceptors (Lipinski definition) is 4. The molecule has 0 bridgehead atoms. The Balaban J connectivity index is 2.57. The Morgan fingerprint density at radius 3 is 2.15 bits per heavy atom. The Morgan fingerprint density at radius 1 is 1.00 bits per heavy atom. The summed E-state index contributed by atoms with van der Waals surface area (Å²) in [6.45, 7) is 0.373. The van der Waals surface area contributed by atoms with Crippen LogP contribution in [-0.2, 0) is 16.6 Å². The van der Waals surface area contributed by atoms with Crippen LogP contribution in [0.15, 0.2) is 53.4 Å². The van der Waals surface area contributed by atoms with Crippen LogP contribution >= 0.6 is 0 Å². The van der Waals surface area contributed by atoms with Gasteiger partial charge in [0.2, 0.25) is 10.0 Å². The van der Waals surface area contributed by atoms with Crippen molar-refractivity contribution in [2.24, 2.45) is 10.9 Å². The molecule has 2 rings (SSSR count). The summed E-state index contributed by atoms with van der Waals surface area (Å²) in [6, 6.07) is 14.2. The molecule has 0 amide bonds. The maximum Gasteiger partial charge on any atom is 0.240 e. The number of benzene rings is 2. The number of hydrogen-bond donors (Lipinski definition) is 2. The van der Waals surface area contributed by atoms with Crippen molar-refractivity contribution in [2.45, 2.75) is 11.4 Å². The number of sulfonamides is 1. The van der Waals surface area contributed by atoms with E-state index in [1.165, 1.54) is 6.07 Å². The van der Waals surface area contributed by atoms with Crippen molar-refractivity contribution in [3.8, 4) is 0 Å². The van der Waals surface area contributed by atoms with E-state index in [1.807, 2.05) is 24.3 Å². The van der Waals surface area contributed by atoms with E-state index >= 15 is 0 Å². The Bertz CT molecular complexity index is 714. The molecular formula is C14H17N3O2S. The predicted octanol–water partition coefficient (Wildman–Crippen LogP) is 1.56. The number of anilines is 2. The topological polar surface area (TPSA) is 89.4 Å². The molecule has 0 saturated carbocycles. The highest BCUT2D eigenvalue weighted by Crippen LogP contribution is 2.31. The van der Waals surface area contributed by atoms with Gasteiger partial charge < -0.3 is 10.6 Å². The van der Waals surface area contributed by atoms with Crippen molar-refractivity contribution in [3.05, 3.63) is 54.1 Å². The fourth-order valence-electron chi connectivity index (χ4n) is 2.12. The van der Waals surface area contributed by atoms with Gasteiger partial charge in [0.15, 0.2) is 0 Å². The largest absolute Gasteiger partial charge is 0.343 e. The summed E-state index contributed by atoms with van der Waals surface area (Å²) in [6.07, 6.45) is 0. The second-order valence-electron chi connectivity index (χ2n) is 4.40. The first-order valence-corrected chi connectivity index (χ1v) is 7.63. The maximum atomic E-state index is 11.7. The normalized spacial score (nSPS) is 11.3. The monoisotopic (exact) mass is 291 g/mol. The lowest BCUT2D eigenvalue weighted by atomic mass is 10.1. The van der Waals surface area contributed by atoms with Crippen LogP contribution in [0, 0.1) is 0 Å². The van der Waals surface area contributed by atoms with E-state index in [2.05, 4.69) is 0 Å². The van der Waals surface area contributed by atoms with E-state index in [-0.39, 0.29) is 4.90 Å². The zero-order valence-electron chi connectivity index (χ0n) is 11.2. The van der Waals surface area contributed by atoms with E-state index in [9.17, 15) is 8.42 Å². The van der Waals surface area contributed by atoms with Gasteiger partial charge in [-0.3, -0.25) is 0 Å². The highest BCUT2D eigenvalue weighted by molar-refractivity contribution is 7.89. The molecule has 2 aromatic carbocycles. The molecule has 0 aliphatic carbocycles. The van der Waals surface area contributed by atoms with E-state index < -0.39 is 10.0 Å². The smallest absolute Gasteiger partial charge is 0.240 e. The minimum atomic E-state index is -3.78. The molecule has 0 saturated heterocycles. The summed E-state index contributed by atoms with van der Waals surface area (Å²) in [4.78, 5) is 1.87. The molecule has 2 aromatic rings. The molecule has 20 heavy (non-hydrogen) atoms. The van der Waals surface area contributed by atoms with Gasteiger partial charge in [-0.1, -0.05) is 30.3 Å². The molecule has 0 radical (unpaired) electrons. The number of nitrogens with zero attached hydrogens (tertiary/aromatic N) is 1. The Kier molecular flexibility index (Phi) is 4.08. The lowest BCUT2D eigenvalue weighted by molar-refractivity contribution is 0.598. The van der Waals surface area contributed by atoms with Crippen molar-refractivity contribution < 1.29 is 8.42 Å². The number of primary sulfonamides is 1. The molecule has 0 aliphatic heterocycles. The van der Waals surface area contributed by atoms with Gasteiger partial charge in [-0.2, -0.15) is 0 Å². The molecule has 4 N–H and O–H groups in total. The van der Waals surface area contributed by atoms with Crippen molar-refractivity contribution >= 4 is 21.4 Å². The predicted molar refractivity (Wildman–Crippen MR) is 80.2 cm³/mol. The Hall–Kier alpha value is -1.89. The first kappa shape index (κ1) is 14.5. The second-order valence-corrected chi connectivity index (χ2v) is 5.93. The first-order valence-electron chi connectivity index (χ1n) is 6.08. The molecule has 5 nitrogen and oxygen atoms in total. The van der Waals surface area contributed by atoms with Gasteiger partial charge in [-0.15, -0.1) is 0 Å². The summed E-state index contributed by atoms with van der Waals surface area (Å²) in [5, 5.41) is 5.26. The van der Waals surface area contributed by atoms with Crippen LogP contribution < -0.4 is 15.8 Å². The molecule has 0 spiro atoms. The van der Waals surface area contributed by atoms with Crippen LogP contribution in [0.2, 0.25) is 0 Å². The quantitative estimate of drug-likeness (QED) is 0.894. The number of nitrogens with two attached hydrogens (primary N) is 2. The molecule has 106 valence electrons. The molecule has 0 heterocycles. The van der Waals surface area contributed by atoms with Gasteiger partial charge in [-0.05, 0) is 23.8 Å². The van der Waals surface area contributed by atoms with Crippen LogP contribution in [0.1, 0.15) is 5.56 Å². The molecular weight excluding hydrogens is 274 g/mol. The lowest BCUT2D eigenvalue weighted by Crippen LogP contribution is -2.19. The summed E-state index contributed by atoms with van der Waals surface area (Å²) in [5.74, 6) is 0. The molecule has 0 atom stereocenters. The van der Waals surface area contributed by atoms with E-state index in [0.29, 0.717) is 12.2 Å². The molecule has 0 unspecified atom stereocenters. The van der Waals surface area contributed by atoms with Crippen molar-refractivity contribution in [1.29, 1.82) is 0 Å². The number of para-hydroxylation sites is 2. The van der Waals surface area contributed by atoms with E-state index in [4.69, 9.17) is 10.9 Å². The van der Waals surface area contributed by atoms with Gasteiger partial charge in [0.25, 0.3) is 0 Å². The summed E-state index contributed by atoms with van der Waals surface area (Å²) < 4.78 is 23.3. The van der Waals surface area contributed by atoms with Crippen molar-refractivity contribution in [3.63, 3.8) is 0 Å². The highest BCUT2D eigenvalue weighted by atomic mass is 32.2. The fourth-order valence-corrected chi connectivity index (χ4v) is 2.88. The molecule has 0 aliphatic rings. The average molecular weight is 291 g/mol. The van der Waals surface area contributed by atoms with Crippen LogP contribution in [0.4, 0.5) is 11.4 Å². The number of rotatable bonds is 4. The Morgan fingerprint density at radius 2 is 1.55 bits per heavy atom. The van der Waals surface area contributed by atoms with Crippen LogP contribution in [-0.4, -0.2) is 15.5 Å². The van der Waals surface area contributed by atoms with Crippen molar-refractivity contribution in [1.82, 2.24) is 0 Å². The first-order chi connectivity index (χ1) is 9.45. The van der Waals surface area contributed by atoms with Crippen molar-refractivity contribution in [2.75, 3.05) is 11.9 Å². The summed E-state index contributed by atoms with van der Waals surface area (Å²) >= 11 is 0. The van der Waals surface area contributed by atoms with Crippen LogP contribution in [0.5, 0.6) is 0 Å². The van der Waals surface area contributed by atoms with E-state index in [0.717, 1.165) is 11.3 Å². The van der Waals surface area contributed by atoms with E-state index in [1.54, 1.807) is 30.1 Å². The third-order valence-electron chi connectivity index (χ3n) is 3.11. The Labute approximate surface area is 118 Å². The molecule has 6 heteroatoms. The van der Waals surface area contributed by atoms with Gasteiger partial charge in [0.05, 0.1) is 5.69 Å². The molecule has 0 fully saturated rings. The average Bonchev–Trinajstić information content (AvgIpc) is 2.45. The van der Waals surface area contributed by atoms with Crippen LogP contribution in [0.3, 0.4) is 0 Å². The third kappa shape index (κ3) is 2.82. The minimum Gasteiger partial charge on any atom is -0.343 e. The van der Waals surface area contributed by atoms with Crippen LogP contribution in [0.25, 0.3) is 0 Å². The zero-order chi connectivity index (χ0) is 14.8. The van der Waals surface area contributed by atoms with Gasteiger partial charge in [0, 0.05) is 19.3 Å². The third-order valence-corrected chi connectivity index (χ3v) is 4.06. The zero-order valence-corrected chi connectivity index (χ0v) is 12.0. The van der Waals surface area contributed by atoms with Gasteiger partial charge in [-0.25, -0.2) is 13.6 Å². The fraction of sp³-hybridized carbons (Fsp3) is 0.143. The second kappa shape index (κ2) is 5.62. The standard InChI is InChI=1S/C14H17N3O2S/c1-17(12-7-3-2-6-11(12)10-15)13-8-4-5-9-14(13)20(16,18)19/h2-9H,10,15H2,1H3,(H2,16,18,19). The highest BCUT2D eigenvalue weighted by Gasteiger charge is 2.18.